The number of carbonyl (C=O) groups is 1. The Morgan fingerprint density at radius 1 is 1.25 bits per heavy atom. The molecule has 1 aromatic carbocycles. The summed E-state index contributed by atoms with van der Waals surface area (Å²) in [4.78, 5) is 14.4. The maximum atomic E-state index is 12.4. The van der Waals surface area contributed by atoms with Crippen molar-refractivity contribution in [2.45, 2.75) is 38.6 Å². The van der Waals surface area contributed by atoms with Crippen molar-refractivity contribution in [1.29, 1.82) is 0 Å². The van der Waals surface area contributed by atoms with Gasteiger partial charge in [0.05, 0.1) is 6.42 Å². The van der Waals surface area contributed by atoms with E-state index in [4.69, 9.17) is 9.47 Å². The van der Waals surface area contributed by atoms with E-state index in [2.05, 4.69) is 6.92 Å². The molecule has 108 valence electrons. The Morgan fingerprint density at radius 2 is 2.05 bits per heavy atom. The standard InChI is InChI=1S/C16H21NO3/c1-12-4-2-3-7-17(12)16(18)11-13-5-6-14-15(10-13)20-9-8-19-14/h5-6,10,12H,2-4,7-9,11H2,1H3/t12-/m0/s1. The molecule has 1 amide bonds. The lowest BCUT2D eigenvalue weighted by atomic mass is 10.0. The van der Waals surface area contributed by atoms with E-state index in [9.17, 15) is 4.79 Å². The number of hydrogen-bond donors (Lipinski definition) is 0. The molecule has 4 nitrogen and oxygen atoms in total. The molecule has 1 saturated heterocycles. The van der Waals surface area contributed by atoms with Crippen molar-refractivity contribution in [3.8, 4) is 11.5 Å². The number of piperidine rings is 1. The Hall–Kier alpha value is -1.71. The molecule has 0 spiro atoms. The van der Waals surface area contributed by atoms with Crippen molar-refractivity contribution in [2.75, 3.05) is 19.8 Å². The van der Waals surface area contributed by atoms with Gasteiger partial charge in [-0.05, 0) is 43.9 Å². The SMILES string of the molecule is C[C@H]1CCCCN1C(=O)Cc1ccc2c(c1)OCCO2. The van der Waals surface area contributed by atoms with Crippen LogP contribution in [-0.2, 0) is 11.2 Å². The van der Waals surface area contributed by atoms with E-state index in [-0.39, 0.29) is 5.91 Å². The molecule has 4 heteroatoms. The molecule has 0 saturated carbocycles. The highest BCUT2D eigenvalue weighted by Gasteiger charge is 2.23. The van der Waals surface area contributed by atoms with Crippen LogP contribution in [0.5, 0.6) is 11.5 Å². The van der Waals surface area contributed by atoms with E-state index in [1.54, 1.807) is 0 Å². The van der Waals surface area contributed by atoms with Gasteiger partial charge in [0, 0.05) is 12.6 Å². The predicted molar refractivity (Wildman–Crippen MR) is 76.2 cm³/mol. The molecule has 1 atom stereocenters. The maximum Gasteiger partial charge on any atom is 0.227 e. The summed E-state index contributed by atoms with van der Waals surface area (Å²) in [5, 5.41) is 0. The zero-order valence-corrected chi connectivity index (χ0v) is 11.9. The average Bonchev–Trinajstić information content (AvgIpc) is 2.47. The third-order valence-electron chi connectivity index (χ3n) is 4.09. The number of likely N-dealkylation sites (tertiary alicyclic amines) is 1. The van der Waals surface area contributed by atoms with Gasteiger partial charge in [0.15, 0.2) is 11.5 Å². The molecule has 0 N–H and O–H groups in total. The van der Waals surface area contributed by atoms with Crippen LogP contribution in [0.4, 0.5) is 0 Å². The lowest BCUT2D eigenvalue weighted by molar-refractivity contribution is -0.133. The van der Waals surface area contributed by atoms with Crippen LogP contribution in [-0.4, -0.2) is 36.6 Å². The quantitative estimate of drug-likeness (QED) is 0.832. The van der Waals surface area contributed by atoms with Crippen LogP contribution in [0.25, 0.3) is 0 Å². The van der Waals surface area contributed by atoms with E-state index in [0.29, 0.717) is 25.7 Å². The smallest absolute Gasteiger partial charge is 0.227 e. The van der Waals surface area contributed by atoms with Gasteiger partial charge in [0.2, 0.25) is 5.91 Å². The summed E-state index contributed by atoms with van der Waals surface area (Å²) in [5.41, 5.74) is 0.997. The molecule has 1 fully saturated rings. The molecule has 2 aliphatic rings. The van der Waals surface area contributed by atoms with Crippen molar-refractivity contribution in [3.05, 3.63) is 23.8 Å². The van der Waals surface area contributed by atoms with Crippen LogP contribution in [0, 0.1) is 0 Å². The molecule has 0 radical (unpaired) electrons. The number of benzene rings is 1. The van der Waals surface area contributed by atoms with Crippen LogP contribution in [0.2, 0.25) is 0 Å². The lowest BCUT2D eigenvalue weighted by Gasteiger charge is -2.33. The highest BCUT2D eigenvalue weighted by atomic mass is 16.6. The summed E-state index contributed by atoms with van der Waals surface area (Å²) in [6, 6.07) is 6.16. The number of hydrogen-bond acceptors (Lipinski definition) is 3. The fraction of sp³-hybridized carbons (Fsp3) is 0.562. The Morgan fingerprint density at radius 3 is 2.85 bits per heavy atom. The van der Waals surface area contributed by atoms with E-state index < -0.39 is 0 Å². The first-order valence-electron chi connectivity index (χ1n) is 7.42. The van der Waals surface area contributed by atoms with Crippen molar-refractivity contribution in [2.24, 2.45) is 0 Å². The minimum Gasteiger partial charge on any atom is -0.486 e. The number of amides is 1. The van der Waals surface area contributed by atoms with Gasteiger partial charge in [-0.3, -0.25) is 4.79 Å². The third kappa shape index (κ3) is 2.74. The lowest BCUT2D eigenvalue weighted by Crippen LogP contribution is -2.42. The first-order chi connectivity index (χ1) is 9.74. The Balaban J connectivity index is 1.69. The van der Waals surface area contributed by atoms with Crippen LogP contribution < -0.4 is 9.47 Å². The van der Waals surface area contributed by atoms with Crippen molar-refractivity contribution in [1.82, 2.24) is 4.90 Å². The third-order valence-corrected chi connectivity index (χ3v) is 4.09. The number of rotatable bonds is 2. The maximum absolute atomic E-state index is 12.4. The van der Waals surface area contributed by atoms with E-state index in [1.807, 2.05) is 23.1 Å². The molecule has 0 aliphatic carbocycles. The van der Waals surface area contributed by atoms with Gasteiger partial charge in [-0.1, -0.05) is 6.07 Å². The van der Waals surface area contributed by atoms with Gasteiger partial charge in [0.25, 0.3) is 0 Å². The summed E-state index contributed by atoms with van der Waals surface area (Å²) in [6.45, 7) is 4.20. The van der Waals surface area contributed by atoms with Crippen LogP contribution in [0.3, 0.4) is 0 Å². The van der Waals surface area contributed by atoms with Crippen LogP contribution in [0.15, 0.2) is 18.2 Å². The van der Waals surface area contributed by atoms with E-state index >= 15 is 0 Å². The highest BCUT2D eigenvalue weighted by molar-refractivity contribution is 5.79. The second-order valence-corrected chi connectivity index (χ2v) is 5.59. The number of fused-ring (bicyclic) bond motifs is 1. The van der Waals surface area contributed by atoms with E-state index in [1.165, 1.54) is 6.42 Å². The summed E-state index contributed by atoms with van der Waals surface area (Å²) in [6.07, 6.45) is 3.92. The first-order valence-corrected chi connectivity index (χ1v) is 7.42. The topological polar surface area (TPSA) is 38.8 Å². The zero-order valence-electron chi connectivity index (χ0n) is 11.9. The molecule has 0 bridgehead atoms. The van der Waals surface area contributed by atoms with Crippen LogP contribution in [0.1, 0.15) is 31.7 Å². The molecule has 1 aromatic rings. The summed E-state index contributed by atoms with van der Waals surface area (Å²) < 4.78 is 11.1. The molecule has 20 heavy (non-hydrogen) atoms. The average molecular weight is 275 g/mol. The largest absolute Gasteiger partial charge is 0.486 e. The monoisotopic (exact) mass is 275 g/mol. The molecule has 2 heterocycles. The highest BCUT2D eigenvalue weighted by Crippen LogP contribution is 2.31. The summed E-state index contributed by atoms with van der Waals surface area (Å²) >= 11 is 0. The van der Waals surface area contributed by atoms with Gasteiger partial charge in [0.1, 0.15) is 13.2 Å². The number of nitrogens with zero attached hydrogens (tertiary/aromatic N) is 1. The molecule has 3 rings (SSSR count). The second kappa shape index (κ2) is 5.73. The fourth-order valence-corrected chi connectivity index (χ4v) is 2.94. The molecule has 0 aromatic heterocycles. The number of carbonyl (C=O) groups excluding carboxylic acids is 1. The Bertz CT molecular complexity index is 500. The zero-order chi connectivity index (χ0) is 13.9. The van der Waals surface area contributed by atoms with E-state index in [0.717, 1.165) is 36.4 Å². The minimum atomic E-state index is 0.217. The molecular formula is C16H21NO3. The van der Waals surface area contributed by atoms with Gasteiger partial charge >= 0.3 is 0 Å². The van der Waals surface area contributed by atoms with Gasteiger partial charge in [-0.15, -0.1) is 0 Å². The number of ether oxygens (including phenoxy) is 2. The Labute approximate surface area is 119 Å². The van der Waals surface area contributed by atoms with Crippen molar-refractivity contribution >= 4 is 5.91 Å². The fourth-order valence-electron chi connectivity index (χ4n) is 2.94. The second-order valence-electron chi connectivity index (χ2n) is 5.59. The molecule has 2 aliphatic heterocycles. The van der Waals surface area contributed by atoms with Gasteiger partial charge < -0.3 is 14.4 Å². The Kier molecular flexibility index (Phi) is 3.81. The summed E-state index contributed by atoms with van der Waals surface area (Å²) in [7, 11) is 0. The predicted octanol–water partition coefficient (Wildman–Crippen LogP) is 2.40. The summed E-state index contributed by atoms with van der Waals surface area (Å²) in [5.74, 6) is 1.75. The minimum absolute atomic E-state index is 0.217. The molecular weight excluding hydrogens is 254 g/mol. The first kappa shape index (κ1) is 13.3. The van der Waals surface area contributed by atoms with Gasteiger partial charge in [-0.2, -0.15) is 0 Å². The normalized spacial score (nSPS) is 21.6. The van der Waals surface area contributed by atoms with Crippen LogP contribution >= 0.6 is 0 Å². The van der Waals surface area contributed by atoms with Crippen molar-refractivity contribution < 1.29 is 14.3 Å². The van der Waals surface area contributed by atoms with Crippen molar-refractivity contribution in [3.63, 3.8) is 0 Å². The molecule has 0 unspecified atom stereocenters. The van der Waals surface area contributed by atoms with Gasteiger partial charge in [-0.25, -0.2) is 0 Å².